The van der Waals surface area contributed by atoms with E-state index in [1.165, 1.54) is 121 Å². The van der Waals surface area contributed by atoms with Crippen LogP contribution in [-0.4, -0.2) is 23.5 Å². The molecular formula is C36H51N2P. The molecule has 0 bridgehead atoms. The molecule has 4 aliphatic rings. The summed E-state index contributed by atoms with van der Waals surface area (Å²) in [6.45, 7) is 14.9. The summed E-state index contributed by atoms with van der Waals surface area (Å²) < 4.78 is 0. The Balaban J connectivity index is 1.50. The van der Waals surface area contributed by atoms with Gasteiger partial charge in [0.1, 0.15) is 5.82 Å². The SMILES string of the molecule is Cc1cc(C)c(C2CNC(=C3CCCC3P(C3CCCC3)C3CCCC3)N2c2c(C)cc(C)cc2C)c(C)c1. The van der Waals surface area contributed by atoms with E-state index < -0.39 is 0 Å². The van der Waals surface area contributed by atoms with Crippen LogP contribution in [-0.2, 0) is 0 Å². The minimum atomic E-state index is 0.0623. The topological polar surface area (TPSA) is 15.3 Å². The molecular weight excluding hydrogens is 491 g/mol. The molecule has 39 heavy (non-hydrogen) atoms. The Hall–Kier alpha value is -1.79. The Kier molecular flexibility index (Phi) is 7.89. The van der Waals surface area contributed by atoms with E-state index in [0.717, 1.165) is 23.5 Å². The molecule has 2 aromatic rings. The highest BCUT2D eigenvalue weighted by molar-refractivity contribution is 7.60. The molecule has 1 heterocycles. The van der Waals surface area contributed by atoms with Crippen molar-refractivity contribution in [2.45, 2.75) is 135 Å². The Morgan fingerprint density at radius 3 is 1.72 bits per heavy atom. The number of aryl methyl sites for hydroxylation is 6. The van der Waals surface area contributed by atoms with Crippen molar-refractivity contribution < 1.29 is 0 Å². The molecule has 2 atom stereocenters. The quantitative estimate of drug-likeness (QED) is 0.378. The van der Waals surface area contributed by atoms with Crippen LogP contribution >= 0.6 is 7.92 Å². The summed E-state index contributed by atoms with van der Waals surface area (Å²) in [5, 5.41) is 4.12. The van der Waals surface area contributed by atoms with Crippen LogP contribution in [0.4, 0.5) is 5.69 Å². The third-order valence-corrected chi connectivity index (χ3v) is 14.5. The number of nitrogens with zero attached hydrogens (tertiary/aromatic N) is 1. The standard InChI is InChI=1S/C36H51N2P/c1-23-18-25(3)34(26(4)19-23)32-22-37-36(38(32)35-27(5)20-24(2)21-28(35)6)31-16-11-17-33(31)39(29-12-7-8-13-29)30-14-9-10-15-30/h18-21,29-30,32-33,37H,7-17,22H2,1-6H3. The molecule has 0 amide bonds. The lowest BCUT2D eigenvalue weighted by atomic mass is 9.92. The Morgan fingerprint density at radius 2 is 1.18 bits per heavy atom. The minimum absolute atomic E-state index is 0.0623. The molecule has 0 radical (unpaired) electrons. The third-order valence-electron chi connectivity index (χ3n) is 10.4. The van der Waals surface area contributed by atoms with Gasteiger partial charge >= 0.3 is 0 Å². The first-order valence-corrected chi connectivity index (χ1v) is 17.6. The van der Waals surface area contributed by atoms with Crippen LogP contribution in [0.15, 0.2) is 35.7 Å². The number of benzene rings is 2. The molecule has 3 heteroatoms. The van der Waals surface area contributed by atoms with Crippen molar-refractivity contribution in [2.75, 3.05) is 11.4 Å². The van der Waals surface area contributed by atoms with Crippen LogP contribution in [0.25, 0.3) is 0 Å². The molecule has 1 saturated heterocycles. The number of hydrogen-bond donors (Lipinski definition) is 1. The van der Waals surface area contributed by atoms with E-state index in [2.05, 4.69) is 76.0 Å². The second kappa shape index (κ2) is 11.2. The number of allylic oxidation sites excluding steroid dienone is 1. The predicted molar refractivity (Wildman–Crippen MR) is 171 cm³/mol. The highest BCUT2D eigenvalue weighted by atomic mass is 31.1. The van der Waals surface area contributed by atoms with Crippen LogP contribution in [0.1, 0.15) is 116 Å². The maximum atomic E-state index is 4.12. The Morgan fingerprint density at radius 1 is 0.667 bits per heavy atom. The van der Waals surface area contributed by atoms with Gasteiger partial charge in [0.05, 0.1) is 6.04 Å². The molecule has 4 fully saturated rings. The fraction of sp³-hybridized carbons (Fsp3) is 0.611. The van der Waals surface area contributed by atoms with E-state index in [1.54, 1.807) is 0 Å². The summed E-state index contributed by atoms with van der Waals surface area (Å²) in [7, 11) is 0.0623. The molecule has 0 aromatic heterocycles. The number of nitrogens with one attached hydrogen (secondary N) is 1. The van der Waals surface area contributed by atoms with Crippen molar-refractivity contribution in [3.8, 4) is 0 Å². The van der Waals surface area contributed by atoms with E-state index >= 15 is 0 Å². The van der Waals surface area contributed by atoms with Gasteiger partial charge in [-0.05, 0) is 131 Å². The van der Waals surface area contributed by atoms with Gasteiger partial charge in [0.25, 0.3) is 0 Å². The zero-order chi connectivity index (χ0) is 27.3. The molecule has 6 rings (SSSR count). The Bertz CT molecular complexity index is 1180. The van der Waals surface area contributed by atoms with Gasteiger partial charge in [0, 0.05) is 17.9 Å². The van der Waals surface area contributed by atoms with Crippen LogP contribution in [0.3, 0.4) is 0 Å². The number of hydrogen-bond acceptors (Lipinski definition) is 2. The van der Waals surface area contributed by atoms with E-state index in [1.807, 2.05) is 5.57 Å². The van der Waals surface area contributed by atoms with Crippen LogP contribution < -0.4 is 10.2 Å². The van der Waals surface area contributed by atoms with Crippen molar-refractivity contribution in [3.05, 3.63) is 74.6 Å². The average molecular weight is 543 g/mol. The summed E-state index contributed by atoms with van der Waals surface area (Å²) in [6.07, 6.45) is 16.1. The summed E-state index contributed by atoms with van der Waals surface area (Å²) in [4.78, 5) is 2.80. The van der Waals surface area contributed by atoms with Gasteiger partial charge in [0.15, 0.2) is 0 Å². The minimum Gasteiger partial charge on any atom is -0.369 e. The first-order valence-electron chi connectivity index (χ1n) is 16.0. The zero-order valence-corrected chi connectivity index (χ0v) is 26.4. The van der Waals surface area contributed by atoms with Gasteiger partial charge in [-0.25, -0.2) is 0 Å². The second-order valence-electron chi connectivity index (χ2n) is 13.4. The maximum Gasteiger partial charge on any atom is 0.106 e. The fourth-order valence-electron chi connectivity index (χ4n) is 9.21. The molecule has 210 valence electrons. The van der Waals surface area contributed by atoms with Crippen molar-refractivity contribution in [1.29, 1.82) is 0 Å². The zero-order valence-electron chi connectivity index (χ0n) is 25.5. The number of rotatable bonds is 5. The molecule has 1 N–H and O–H groups in total. The van der Waals surface area contributed by atoms with Gasteiger partial charge in [0.2, 0.25) is 0 Å². The van der Waals surface area contributed by atoms with E-state index in [-0.39, 0.29) is 7.92 Å². The van der Waals surface area contributed by atoms with Gasteiger partial charge in [-0.15, -0.1) is 0 Å². The van der Waals surface area contributed by atoms with Crippen LogP contribution in [0.5, 0.6) is 0 Å². The molecule has 0 spiro atoms. The van der Waals surface area contributed by atoms with Crippen molar-refractivity contribution in [3.63, 3.8) is 0 Å². The Labute approximate surface area is 239 Å². The maximum absolute atomic E-state index is 4.12. The first-order chi connectivity index (χ1) is 18.8. The normalized spacial score (nSPS) is 26.4. The fourth-order valence-corrected chi connectivity index (χ4v) is 13.8. The van der Waals surface area contributed by atoms with E-state index in [0.29, 0.717) is 6.04 Å². The van der Waals surface area contributed by atoms with Gasteiger partial charge in [-0.1, -0.05) is 69.0 Å². The monoisotopic (exact) mass is 542 g/mol. The van der Waals surface area contributed by atoms with Gasteiger partial charge in [-0.3, -0.25) is 0 Å². The molecule has 2 unspecified atom stereocenters. The van der Waals surface area contributed by atoms with Crippen LogP contribution in [0.2, 0.25) is 0 Å². The molecule has 2 aromatic carbocycles. The lowest BCUT2D eigenvalue weighted by molar-refractivity contribution is 0.741. The van der Waals surface area contributed by atoms with Crippen molar-refractivity contribution in [1.82, 2.24) is 5.32 Å². The number of anilines is 1. The lowest BCUT2D eigenvalue weighted by Gasteiger charge is -2.38. The van der Waals surface area contributed by atoms with Gasteiger partial charge in [-0.2, -0.15) is 0 Å². The lowest BCUT2D eigenvalue weighted by Crippen LogP contribution is -2.29. The average Bonchev–Trinajstić information content (AvgIpc) is 3.68. The summed E-state index contributed by atoms with van der Waals surface area (Å²) in [5.74, 6) is 1.50. The summed E-state index contributed by atoms with van der Waals surface area (Å²) in [6, 6.07) is 9.96. The van der Waals surface area contributed by atoms with Crippen molar-refractivity contribution >= 4 is 13.6 Å². The third kappa shape index (κ3) is 5.09. The summed E-state index contributed by atoms with van der Waals surface area (Å²) >= 11 is 0. The van der Waals surface area contributed by atoms with Crippen molar-refractivity contribution in [2.24, 2.45) is 0 Å². The molecule has 3 saturated carbocycles. The summed E-state index contributed by atoms with van der Waals surface area (Å²) in [5.41, 5.74) is 16.2. The highest BCUT2D eigenvalue weighted by Gasteiger charge is 2.44. The highest BCUT2D eigenvalue weighted by Crippen LogP contribution is 2.65. The van der Waals surface area contributed by atoms with Crippen LogP contribution in [0, 0.1) is 41.5 Å². The molecule has 3 aliphatic carbocycles. The second-order valence-corrected chi connectivity index (χ2v) is 16.4. The van der Waals surface area contributed by atoms with E-state index in [4.69, 9.17) is 0 Å². The smallest absolute Gasteiger partial charge is 0.106 e. The molecule has 1 aliphatic heterocycles. The molecule has 2 nitrogen and oxygen atoms in total. The first kappa shape index (κ1) is 27.4. The van der Waals surface area contributed by atoms with E-state index in [9.17, 15) is 0 Å². The predicted octanol–water partition coefficient (Wildman–Crippen LogP) is 9.82. The largest absolute Gasteiger partial charge is 0.369 e. The van der Waals surface area contributed by atoms with Gasteiger partial charge < -0.3 is 10.2 Å².